The van der Waals surface area contributed by atoms with Gasteiger partial charge in [0.25, 0.3) is 5.91 Å². The number of aliphatic hydroxyl groups is 4. The van der Waals surface area contributed by atoms with E-state index in [0.717, 1.165) is 0 Å². The topological polar surface area (TPSA) is 247 Å². The highest BCUT2D eigenvalue weighted by Crippen LogP contribution is 2.25. The number of likely N-dealkylation sites (tertiary alicyclic amines) is 1. The number of hydrogen-bond acceptors (Lipinski definition) is 11. The average Bonchev–Trinajstić information content (AvgIpc) is 3.47. The van der Waals surface area contributed by atoms with Crippen LogP contribution in [0.1, 0.15) is 49.4 Å². The van der Waals surface area contributed by atoms with Gasteiger partial charge in [0.1, 0.15) is 48.3 Å². The highest BCUT2D eigenvalue weighted by molar-refractivity contribution is 5.99. The van der Waals surface area contributed by atoms with E-state index in [0.29, 0.717) is 45.2 Å². The van der Waals surface area contributed by atoms with E-state index in [1.165, 1.54) is 36.1 Å². The smallest absolute Gasteiger partial charge is 0.251 e. The van der Waals surface area contributed by atoms with Gasteiger partial charge in [0.05, 0.1) is 6.61 Å². The molecule has 15 nitrogen and oxygen atoms in total. The van der Waals surface area contributed by atoms with Crippen LogP contribution < -0.4 is 26.8 Å². The van der Waals surface area contributed by atoms with Gasteiger partial charge in [-0.25, -0.2) is 0 Å². The molecule has 8 atom stereocenters. The monoisotopic (exact) mass is 595 g/mol. The van der Waals surface area contributed by atoms with Crippen molar-refractivity contribution < 1.29 is 49.1 Å². The van der Waals surface area contributed by atoms with Crippen LogP contribution >= 0.6 is 0 Å². The van der Waals surface area contributed by atoms with Crippen molar-refractivity contribution in [2.75, 3.05) is 19.7 Å². The van der Waals surface area contributed by atoms with Gasteiger partial charge in [0, 0.05) is 12.1 Å². The molecule has 2 saturated heterocycles. The Morgan fingerprint density at radius 3 is 2.38 bits per heavy atom. The number of nitrogens with zero attached hydrogens (tertiary/aromatic N) is 1. The number of amides is 4. The Morgan fingerprint density at radius 2 is 1.76 bits per heavy atom. The first kappa shape index (κ1) is 33.2. The molecule has 10 N–H and O–H groups in total. The molecule has 2 fully saturated rings. The van der Waals surface area contributed by atoms with Gasteiger partial charge in [-0.05, 0) is 69.8 Å². The Hall–Kier alpha value is -3.34. The number of rotatable bonds is 13. The van der Waals surface area contributed by atoms with Gasteiger partial charge in [0.2, 0.25) is 24.0 Å². The molecule has 0 aromatic heterocycles. The van der Waals surface area contributed by atoms with Crippen molar-refractivity contribution in [3.8, 4) is 5.75 Å². The number of nitrogens with two attached hydrogens (primary N) is 2. The zero-order valence-electron chi connectivity index (χ0n) is 23.4. The molecular formula is C27H41N5O10. The van der Waals surface area contributed by atoms with Crippen molar-refractivity contribution in [1.29, 1.82) is 0 Å². The Morgan fingerprint density at radius 1 is 1.07 bits per heavy atom. The third kappa shape index (κ3) is 8.14. The lowest BCUT2D eigenvalue weighted by Crippen LogP contribution is -2.60. The number of aliphatic hydroxyl groups excluding tert-OH is 4. The highest BCUT2D eigenvalue weighted by Gasteiger charge is 2.45. The molecule has 0 unspecified atom stereocenters. The summed E-state index contributed by atoms with van der Waals surface area (Å²) >= 11 is 0. The summed E-state index contributed by atoms with van der Waals surface area (Å²) < 4.78 is 10.9. The summed E-state index contributed by atoms with van der Waals surface area (Å²) in [7, 11) is 0. The van der Waals surface area contributed by atoms with Gasteiger partial charge >= 0.3 is 0 Å². The molecule has 234 valence electrons. The van der Waals surface area contributed by atoms with Crippen LogP contribution in [0.2, 0.25) is 0 Å². The lowest BCUT2D eigenvalue weighted by Gasteiger charge is -2.39. The van der Waals surface area contributed by atoms with Crippen molar-refractivity contribution in [2.24, 2.45) is 11.5 Å². The van der Waals surface area contributed by atoms with E-state index in [1.807, 2.05) is 0 Å². The number of ether oxygens (including phenoxy) is 2. The summed E-state index contributed by atoms with van der Waals surface area (Å²) in [6.45, 7) is 1.57. The summed E-state index contributed by atoms with van der Waals surface area (Å²) in [5.41, 5.74) is 11.0. The summed E-state index contributed by atoms with van der Waals surface area (Å²) in [5, 5.41) is 44.7. The molecule has 0 radical (unpaired) electrons. The number of benzene rings is 1. The van der Waals surface area contributed by atoms with E-state index >= 15 is 0 Å². The van der Waals surface area contributed by atoms with Crippen LogP contribution in [0, 0.1) is 0 Å². The minimum atomic E-state index is -1.60. The lowest BCUT2D eigenvalue weighted by atomic mass is 9.99. The number of unbranched alkanes of at least 4 members (excludes halogenated alkanes) is 1. The second-order valence-electron chi connectivity index (χ2n) is 10.5. The Bertz CT molecular complexity index is 1090. The Labute approximate surface area is 243 Å². The van der Waals surface area contributed by atoms with Crippen LogP contribution in [0.15, 0.2) is 24.3 Å². The zero-order valence-corrected chi connectivity index (χ0v) is 23.4. The quantitative estimate of drug-likeness (QED) is 0.107. The standard InChI is InChI=1S/C27H41N5O10/c1-14(23(29)37)30-25(39)18-6-4-12-32(18)26(40)17(5-2-3-11-28)31-24(38)15-7-9-16(10-8-15)41-27-22(36)21(35)20(34)19(13-33)42-27/h7-10,14,17-22,27,33-36H,2-6,11-13,28H2,1H3,(H2,29,37)(H,30,39)(H,31,38)/t14-,17-,18-,19+,20-,21-,22+,27+/m0/s1. The summed E-state index contributed by atoms with van der Waals surface area (Å²) in [6, 6.07) is 3.05. The lowest BCUT2D eigenvalue weighted by molar-refractivity contribution is -0.277. The molecule has 1 aromatic carbocycles. The Balaban J connectivity index is 1.67. The third-order valence-corrected chi connectivity index (χ3v) is 7.39. The normalized spacial score (nSPS) is 27.1. The van der Waals surface area contributed by atoms with E-state index in [9.17, 15) is 39.6 Å². The minimum Gasteiger partial charge on any atom is -0.462 e. The van der Waals surface area contributed by atoms with Crippen molar-refractivity contribution in [1.82, 2.24) is 15.5 Å². The average molecular weight is 596 g/mol. The molecule has 42 heavy (non-hydrogen) atoms. The first-order valence-corrected chi connectivity index (χ1v) is 14.0. The molecule has 3 rings (SSSR count). The van der Waals surface area contributed by atoms with Gasteiger partial charge in [-0.15, -0.1) is 0 Å². The van der Waals surface area contributed by atoms with E-state index in [1.54, 1.807) is 0 Å². The number of carbonyl (C=O) groups excluding carboxylic acids is 4. The maximum Gasteiger partial charge on any atom is 0.251 e. The van der Waals surface area contributed by atoms with Crippen LogP contribution in [0.5, 0.6) is 5.75 Å². The van der Waals surface area contributed by atoms with Crippen LogP contribution in [0.4, 0.5) is 0 Å². The molecule has 2 aliphatic heterocycles. The first-order chi connectivity index (χ1) is 20.0. The molecule has 0 aliphatic carbocycles. The minimum absolute atomic E-state index is 0.169. The van der Waals surface area contributed by atoms with Crippen LogP contribution in [0.3, 0.4) is 0 Å². The second kappa shape index (κ2) is 15.2. The summed E-state index contributed by atoms with van der Waals surface area (Å²) in [4.78, 5) is 52.2. The fourth-order valence-corrected chi connectivity index (χ4v) is 4.86. The number of hydrogen-bond donors (Lipinski definition) is 8. The molecule has 4 amide bonds. The molecule has 2 heterocycles. The number of primary amides is 1. The van der Waals surface area contributed by atoms with E-state index < -0.39 is 79.1 Å². The van der Waals surface area contributed by atoms with Gasteiger partial charge < -0.3 is 56.9 Å². The molecular weight excluding hydrogens is 554 g/mol. The van der Waals surface area contributed by atoms with Gasteiger partial charge in [-0.1, -0.05) is 0 Å². The summed E-state index contributed by atoms with van der Waals surface area (Å²) in [6.07, 6.45) is -4.79. The SMILES string of the molecule is C[C@H](NC(=O)[C@@H]1CCCN1C(=O)[C@H](CCCCN)NC(=O)c1ccc(O[C@@H]2O[C@H](CO)[C@H](O)[C@H](O)[C@H]2O)cc1)C(N)=O. The molecule has 0 bridgehead atoms. The van der Waals surface area contributed by atoms with E-state index in [4.69, 9.17) is 20.9 Å². The first-order valence-electron chi connectivity index (χ1n) is 14.0. The molecule has 15 heteroatoms. The largest absolute Gasteiger partial charge is 0.462 e. The predicted octanol–water partition coefficient (Wildman–Crippen LogP) is -2.93. The second-order valence-corrected chi connectivity index (χ2v) is 10.5. The summed E-state index contributed by atoms with van der Waals surface area (Å²) in [5.74, 6) is -2.00. The maximum absolute atomic E-state index is 13.5. The van der Waals surface area contributed by atoms with Gasteiger partial charge in [-0.3, -0.25) is 19.2 Å². The van der Waals surface area contributed by atoms with Crippen molar-refractivity contribution >= 4 is 23.6 Å². The van der Waals surface area contributed by atoms with Crippen molar-refractivity contribution in [3.05, 3.63) is 29.8 Å². The predicted molar refractivity (Wildman–Crippen MR) is 147 cm³/mol. The molecule has 2 aliphatic rings. The fraction of sp³-hybridized carbons (Fsp3) is 0.630. The maximum atomic E-state index is 13.5. The number of carbonyl (C=O) groups is 4. The van der Waals surface area contributed by atoms with E-state index in [2.05, 4.69) is 10.6 Å². The van der Waals surface area contributed by atoms with Crippen molar-refractivity contribution in [3.63, 3.8) is 0 Å². The molecule has 0 spiro atoms. The number of nitrogens with one attached hydrogen (secondary N) is 2. The van der Waals surface area contributed by atoms with Crippen LogP contribution in [-0.4, -0.2) is 117 Å². The van der Waals surface area contributed by atoms with Gasteiger partial charge in [0.15, 0.2) is 0 Å². The Kier molecular flexibility index (Phi) is 12.0. The fourth-order valence-electron chi connectivity index (χ4n) is 4.86. The van der Waals surface area contributed by atoms with E-state index in [-0.39, 0.29) is 11.3 Å². The highest BCUT2D eigenvalue weighted by atomic mass is 16.7. The zero-order chi connectivity index (χ0) is 31.0. The van der Waals surface area contributed by atoms with Crippen molar-refractivity contribution in [2.45, 2.75) is 87.9 Å². The molecule has 0 saturated carbocycles. The third-order valence-electron chi connectivity index (χ3n) is 7.39. The van der Waals surface area contributed by atoms with Crippen LogP contribution in [-0.2, 0) is 19.1 Å². The molecule has 1 aromatic rings. The van der Waals surface area contributed by atoms with Crippen LogP contribution in [0.25, 0.3) is 0 Å². The van der Waals surface area contributed by atoms with Gasteiger partial charge in [-0.2, -0.15) is 0 Å².